The first kappa shape index (κ1) is 10.6. The molecule has 0 aliphatic rings. The fourth-order valence-electron chi connectivity index (χ4n) is 1.15. The molecule has 5 heteroatoms. The van der Waals surface area contributed by atoms with Gasteiger partial charge >= 0.3 is 0 Å². The largest absolute Gasteiger partial charge is 0.379 e. The summed E-state index contributed by atoms with van der Waals surface area (Å²) in [4.78, 5) is 9.62. The Morgan fingerprint density at radius 2 is 2.00 bits per heavy atom. The van der Waals surface area contributed by atoms with Crippen LogP contribution in [0.25, 0.3) is 0 Å². The molecule has 1 aromatic rings. The van der Waals surface area contributed by atoms with Crippen molar-refractivity contribution >= 4 is 0 Å². The maximum atomic E-state index is 12.5. The lowest BCUT2D eigenvalue weighted by Crippen LogP contribution is -2.30. The van der Waals surface area contributed by atoms with Crippen molar-refractivity contribution in [3.63, 3.8) is 0 Å². The van der Waals surface area contributed by atoms with Crippen molar-refractivity contribution in [1.82, 2.24) is 0 Å². The highest BCUT2D eigenvalue weighted by Crippen LogP contribution is 2.20. The minimum atomic E-state index is -1.56. The summed E-state index contributed by atoms with van der Waals surface area (Å²) in [7, 11) is 0. The molecule has 0 saturated heterocycles. The summed E-state index contributed by atoms with van der Waals surface area (Å²) in [5, 5.41) is 19.9. The molecule has 1 aromatic carbocycles. The molecule has 0 radical (unpaired) electrons. The lowest BCUT2D eigenvalue weighted by atomic mass is 9.96. The Bertz CT molecular complexity index is 334. The molecule has 0 aromatic heterocycles. The van der Waals surface area contributed by atoms with Crippen molar-refractivity contribution in [3.8, 4) is 0 Å². The number of hydrogen-bond donors (Lipinski definition) is 1. The van der Waals surface area contributed by atoms with Gasteiger partial charge in [0.1, 0.15) is 5.82 Å². The van der Waals surface area contributed by atoms with Gasteiger partial charge in [0, 0.05) is 4.92 Å². The van der Waals surface area contributed by atoms with Crippen molar-refractivity contribution in [2.75, 3.05) is 6.54 Å². The summed E-state index contributed by atoms with van der Waals surface area (Å²) in [6, 6.07) is 4.98. The number of rotatable bonds is 3. The molecule has 0 aliphatic carbocycles. The minimum Gasteiger partial charge on any atom is -0.379 e. The number of hydrogen-bond acceptors (Lipinski definition) is 3. The second kappa shape index (κ2) is 3.71. The summed E-state index contributed by atoms with van der Waals surface area (Å²) in [5.41, 5.74) is -1.23. The molecule has 0 spiro atoms. The Labute approximate surface area is 80.1 Å². The van der Waals surface area contributed by atoms with Crippen molar-refractivity contribution < 1.29 is 14.4 Å². The Kier molecular flexibility index (Phi) is 2.81. The maximum absolute atomic E-state index is 12.5. The summed E-state index contributed by atoms with van der Waals surface area (Å²) >= 11 is 0. The van der Waals surface area contributed by atoms with E-state index in [4.69, 9.17) is 0 Å². The molecule has 1 atom stereocenters. The molecule has 0 heterocycles. The molecule has 1 N–H and O–H groups in total. The smallest absolute Gasteiger partial charge is 0.236 e. The Morgan fingerprint density at radius 3 is 2.43 bits per heavy atom. The Balaban J connectivity index is 2.91. The topological polar surface area (TPSA) is 63.4 Å². The van der Waals surface area contributed by atoms with Gasteiger partial charge in [0.05, 0.1) is 0 Å². The number of nitro groups is 1. The first-order valence-electron chi connectivity index (χ1n) is 4.02. The van der Waals surface area contributed by atoms with Crippen LogP contribution in [0.15, 0.2) is 24.3 Å². The molecule has 1 rings (SSSR count). The predicted octanol–water partition coefficient (Wildman–Crippen LogP) is 1.31. The van der Waals surface area contributed by atoms with Crippen LogP contribution >= 0.6 is 0 Å². The van der Waals surface area contributed by atoms with E-state index in [0.717, 1.165) is 12.1 Å². The normalized spacial score (nSPS) is 14.8. The van der Waals surface area contributed by atoms with Gasteiger partial charge in [-0.1, -0.05) is 12.1 Å². The molecule has 14 heavy (non-hydrogen) atoms. The van der Waals surface area contributed by atoms with Gasteiger partial charge in [0.25, 0.3) is 0 Å². The lowest BCUT2D eigenvalue weighted by molar-refractivity contribution is -0.501. The van der Waals surface area contributed by atoms with Crippen LogP contribution in [0.1, 0.15) is 12.5 Å². The van der Waals surface area contributed by atoms with Crippen molar-refractivity contribution in [1.29, 1.82) is 0 Å². The Hall–Kier alpha value is -1.49. The quantitative estimate of drug-likeness (QED) is 0.589. The molecule has 0 amide bonds. The lowest BCUT2D eigenvalue weighted by Gasteiger charge is -2.18. The van der Waals surface area contributed by atoms with Gasteiger partial charge < -0.3 is 5.11 Å². The average molecular weight is 199 g/mol. The highest BCUT2D eigenvalue weighted by Gasteiger charge is 2.29. The third-order valence-electron chi connectivity index (χ3n) is 1.90. The number of halogens is 1. The molecule has 4 nitrogen and oxygen atoms in total. The van der Waals surface area contributed by atoms with Crippen LogP contribution < -0.4 is 0 Å². The van der Waals surface area contributed by atoms with E-state index < -0.39 is 22.9 Å². The summed E-state index contributed by atoms with van der Waals surface area (Å²) in [6.45, 7) is 0.724. The summed E-state index contributed by atoms with van der Waals surface area (Å²) in [6.07, 6.45) is 0. The van der Waals surface area contributed by atoms with Crippen LogP contribution in [0.5, 0.6) is 0 Å². The van der Waals surface area contributed by atoms with E-state index in [-0.39, 0.29) is 0 Å². The third kappa shape index (κ3) is 2.50. The van der Waals surface area contributed by atoms with Crippen molar-refractivity contribution in [2.24, 2.45) is 0 Å². The minimum absolute atomic E-state index is 0.329. The third-order valence-corrected chi connectivity index (χ3v) is 1.90. The second-order valence-electron chi connectivity index (χ2n) is 3.27. The van der Waals surface area contributed by atoms with Gasteiger partial charge in [-0.15, -0.1) is 0 Å². The van der Waals surface area contributed by atoms with Gasteiger partial charge in [-0.05, 0) is 24.6 Å². The summed E-state index contributed by atoms with van der Waals surface area (Å²) in [5.74, 6) is -0.439. The van der Waals surface area contributed by atoms with E-state index in [2.05, 4.69) is 0 Å². The van der Waals surface area contributed by atoms with E-state index in [1.165, 1.54) is 19.1 Å². The number of aliphatic hydroxyl groups is 1. The standard InChI is InChI=1S/C9H10FNO3/c1-9(12,6-11(13)14)7-2-4-8(10)5-3-7/h2-5,12H,6H2,1H3/t9-/m0/s1. The highest BCUT2D eigenvalue weighted by molar-refractivity contribution is 5.22. The van der Waals surface area contributed by atoms with Crippen molar-refractivity contribution in [3.05, 3.63) is 45.8 Å². The van der Waals surface area contributed by atoms with Gasteiger partial charge in [0.15, 0.2) is 5.60 Å². The Morgan fingerprint density at radius 1 is 1.50 bits per heavy atom. The first-order valence-corrected chi connectivity index (χ1v) is 4.02. The zero-order valence-electron chi connectivity index (χ0n) is 7.61. The molecule has 0 aliphatic heterocycles. The number of benzene rings is 1. The maximum Gasteiger partial charge on any atom is 0.236 e. The van der Waals surface area contributed by atoms with Gasteiger partial charge in [-0.2, -0.15) is 0 Å². The van der Waals surface area contributed by atoms with Crippen LogP contribution in [-0.2, 0) is 5.60 Å². The van der Waals surface area contributed by atoms with Crippen LogP contribution in [-0.4, -0.2) is 16.6 Å². The fraction of sp³-hybridized carbons (Fsp3) is 0.333. The molecule has 0 bridgehead atoms. The molecule has 0 fully saturated rings. The van der Waals surface area contributed by atoms with Gasteiger partial charge in [-0.25, -0.2) is 4.39 Å². The number of nitrogens with zero attached hydrogens (tertiary/aromatic N) is 1. The molecular weight excluding hydrogens is 189 g/mol. The second-order valence-corrected chi connectivity index (χ2v) is 3.27. The monoisotopic (exact) mass is 199 g/mol. The summed E-state index contributed by atoms with van der Waals surface area (Å²) < 4.78 is 12.5. The van der Waals surface area contributed by atoms with E-state index >= 15 is 0 Å². The van der Waals surface area contributed by atoms with E-state index in [1.807, 2.05) is 0 Å². The van der Waals surface area contributed by atoms with Gasteiger partial charge in [0.2, 0.25) is 6.54 Å². The van der Waals surface area contributed by atoms with E-state index in [0.29, 0.717) is 5.56 Å². The fourth-order valence-corrected chi connectivity index (χ4v) is 1.15. The molecular formula is C9H10FNO3. The zero-order valence-corrected chi connectivity index (χ0v) is 7.61. The molecule has 76 valence electrons. The predicted molar refractivity (Wildman–Crippen MR) is 47.8 cm³/mol. The molecule has 0 saturated carbocycles. The van der Waals surface area contributed by atoms with Crippen LogP contribution in [0.2, 0.25) is 0 Å². The van der Waals surface area contributed by atoms with Crippen LogP contribution in [0.4, 0.5) is 4.39 Å². The van der Waals surface area contributed by atoms with E-state index in [1.54, 1.807) is 0 Å². The molecule has 0 unspecified atom stereocenters. The van der Waals surface area contributed by atoms with Gasteiger partial charge in [-0.3, -0.25) is 10.1 Å². The van der Waals surface area contributed by atoms with Crippen LogP contribution in [0.3, 0.4) is 0 Å². The first-order chi connectivity index (χ1) is 6.42. The SMILES string of the molecule is C[C@](O)(C[N+](=O)[O-])c1ccc(F)cc1. The van der Waals surface area contributed by atoms with Crippen LogP contribution in [0, 0.1) is 15.9 Å². The zero-order chi connectivity index (χ0) is 10.8. The van der Waals surface area contributed by atoms with E-state index in [9.17, 15) is 19.6 Å². The van der Waals surface area contributed by atoms with Crippen molar-refractivity contribution in [2.45, 2.75) is 12.5 Å². The average Bonchev–Trinajstić information content (AvgIpc) is 2.02. The highest BCUT2D eigenvalue weighted by atomic mass is 19.1.